The SMILES string of the molecule is Cn1cccc1C(=O)N1CCN(C(=O)Nc2ccc(N3CCC(C(=O)N4CCOCC4)CC3)cc2)CC1.N[C@@H](CC(=O)O)C(=O)O. The average Bonchev–Trinajstić information content (AvgIpc) is 3.50. The molecule has 1 aromatic carbocycles. The monoisotopic (exact) mass is 641 g/mol. The Bertz CT molecular complexity index is 1360. The zero-order valence-electron chi connectivity index (χ0n) is 26.0. The fourth-order valence-corrected chi connectivity index (χ4v) is 5.62. The average molecular weight is 642 g/mol. The molecule has 1 atom stereocenters. The standard InChI is InChI=1S/C27H36N6O4.C4H7NO4/c1-29-10-2-3-24(29)26(35)31-13-15-33(16-14-31)27(36)28-22-4-6-23(7-5-22)30-11-8-21(9-12-30)25(34)32-17-19-37-20-18-32;5-2(4(8)9)1-3(6)7/h2-7,10,21H,8-9,11-20H2,1H3,(H,28,36);2H,1,5H2,(H,6,7)(H,8,9)/t;2-/m.0/s1. The summed E-state index contributed by atoms with van der Waals surface area (Å²) in [7, 11) is 1.86. The molecule has 3 aliphatic rings. The van der Waals surface area contributed by atoms with E-state index < -0.39 is 24.4 Å². The number of anilines is 2. The second-order valence-electron chi connectivity index (χ2n) is 11.5. The number of hydrogen-bond acceptors (Lipinski definition) is 8. The van der Waals surface area contributed by atoms with Gasteiger partial charge in [0.25, 0.3) is 5.91 Å². The van der Waals surface area contributed by atoms with Gasteiger partial charge in [-0.25, -0.2) is 4.79 Å². The number of ether oxygens (including phenoxy) is 1. The number of nitrogens with one attached hydrogen (secondary N) is 1. The van der Waals surface area contributed by atoms with E-state index in [4.69, 9.17) is 20.7 Å². The van der Waals surface area contributed by atoms with Crippen LogP contribution in [0.2, 0.25) is 0 Å². The Balaban J connectivity index is 0.000000468. The van der Waals surface area contributed by atoms with Crippen molar-refractivity contribution < 1.29 is 38.9 Å². The molecule has 1 aromatic heterocycles. The Morgan fingerprint density at radius 1 is 0.870 bits per heavy atom. The second-order valence-corrected chi connectivity index (χ2v) is 11.5. The first-order chi connectivity index (χ1) is 22.0. The Morgan fingerprint density at radius 2 is 1.48 bits per heavy atom. The van der Waals surface area contributed by atoms with Crippen LogP contribution in [0.5, 0.6) is 0 Å². The summed E-state index contributed by atoms with van der Waals surface area (Å²) in [6.07, 6.45) is 3.04. The highest BCUT2D eigenvalue weighted by Gasteiger charge is 2.30. The van der Waals surface area contributed by atoms with Crippen LogP contribution in [0.3, 0.4) is 0 Å². The summed E-state index contributed by atoms with van der Waals surface area (Å²) in [5, 5.41) is 19.0. The molecule has 15 nitrogen and oxygen atoms in total. The summed E-state index contributed by atoms with van der Waals surface area (Å²) in [4.78, 5) is 65.7. The summed E-state index contributed by atoms with van der Waals surface area (Å²) < 4.78 is 7.18. The number of piperidine rings is 1. The third-order valence-electron chi connectivity index (χ3n) is 8.38. The van der Waals surface area contributed by atoms with E-state index >= 15 is 0 Å². The first-order valence-electron chi connectivity index (χ1n) is 15.4. The molecule has 5 rings (SSSR count). The molecule has 5 N–H and O–H groups in total. The van der Waals surface area contributed by atoms with Crippen molar-refractivity contribution in [1.82, 2.24) is 19.3 Å². The summed E-state index contributed by atoms with van der Waals surface area (Å²) in [5.41, 5.74) is 7.34. The van der Waals surface area contributed by atoms with Crippen LogP contribution in [0.25, 0.3) is 0 Å². The molecule has 3 aliphatic heterocycles. The number of benzene rings is 1. The van der Waals surface area contributed by atoms with Crippen LogP contribution in [-0.2, 0) is 26.2 Å². The van der Waals surface area contributed by atoms with Gasteiger partial charge in [-0.15, -0.1) is 0 Å². The maximum Gasteiger partial charge on any atom is 0.321 e. The molecule has 0 aliphatic carbocycles. The zero-order chi connectivity index (χ0) is 33.2. The third kappa shape index (κ3) is 9.20. The van der Waals surface area contributed by atoms with Gasteiger partial charge in [-0.1, -0.05) is 0 Å². The lowest BCUT2D eigenvalue weighted by Gasteiger charge is -2.36. The first kappa shape index (κ1) is 34.2. The van der Waals surface area contributed by atoms with E-state index in [9.17, 15) is 24.0 Å². The van der Waals surface area contributed by atoms with Gasteiger partial charge >= 0.3 is 18.0 Å². The topological polar surface area (TPSA) is 191 Å². The number of aromatic nitrogens is 1. The van der Waals surface area contributed by atoms with Gasteiger partial charge in [-0.3, -0.25) is 19.2 Å². The first-order valence-corrected chi connectivity index (χ1v) is 15.4. The molecule has 0 bridgehead atoms. The van der Waals surface area contributed by atoms with Crippen LogP contribution in [0.15, 0.2) is 42.6 Å². The smallest absolute Gasteiger partial charge is 0.321 e. The maximum atomic E-state index is 12.8. The van der Waals surface area contributed by atoms with Crippen LogP contribution in [0.1, 0.15) is 29.8 Å². The molecule has 0 radical (unpaired) electrons. The van der Waals surface area contributed by atoms with E-state index in [0.717, 1.165) is 37.3 Å². The fourth-order valence-electron chi connectivity index (χ4n) is 5.62. The molecule has 3 saturated heterocycles. The van der Waals surface area contributed by atoms with Crippen LogP contribution in [0.4, 0.5) is 16.2 Å². The van der Waals surface area contributed by atoms with E-state index in [1.807, 2.05) is 59.1 Å². The van der Waals surface area contributed by atoms with Gasteiger partial charge in [0.2, 0.25) is 5.91 Å². The van der Waals surface area contributed by atoms with E-state index in [1.165, 1.54) is 0 Å². The van der Waals surface area contributed by atoms with E-state index in [-0.39, 0.29) is 23.8 Å². The van der Waals surface area contributed by atoms with Crippen molar-refractivity contribution in [1.29, 1.82) is 0 Å². The molecular weight excluding hydrogens is 598 g/mol. The molecule has 250 valence electrons. The number of carboxylic acid groups (broad SMARTS) is 2. The van der Waals surface area contributed by atoms with Gasteiger partial charge in [-0.05, 0) is 49.2 Å². The van der Waals surface area contributed by atoms with Crippen molar-refractivity contribution in [2.75, 3.05) is 75.8 Å². The highest BCUT2D eigenvalue weighted by Crippen LogP contribution is 2.26. The number of rotatable bonds is 7. The number of nitrogens with zero attached hydrogens (tertiary/aromatic N) is 5. The van der Waals surface area contributed by atoms with Crippen molar-refractivity contribution >= 4 is 41.2 Å². The van der Waals surface area contributed by atoms with Gasteiger partial charge in [0, 0.05) is 82.9 Å². The van der Waals surface area contributed by atoms with E-state index in [2.05, 4.69) is 10.2 Å². The Morgan fingerprint density at radius 3 is 2.00 bits per heavy atom. The van der Waals surface area contributed by atoms with Crippen molar-refractivity contribution in [3.63, 3.8) is 0 Å². The normalized spacial score (nSPS) is 17.9. The molecule has 0 spiro atoms. The minimum absolute atomic E-state index is 0.00218. The van der Waals surface area contributed by atoms with Crippen molar-refractivity contribution in [3.8, 4) is 0 Å². The summed E-state index contributed by atoms with van der Waals surface area (Å²) in [6.45, 7) is 6.39. The number of urea groups is 1. The van der Waals surface area contributed by atoms with Gasteiger partial charge < -0.3 is 50.2 Å². The summed E-state index contributed by atoms with van der Waals surface area (Å²) in [6, 6.07) is 10.1. The molecule has 46 heavy (non-hydrogen) atoms. The van der Waals surface area contributed by atoms with Crippen molar-refractivity contribution in [2.24, 2.45) is 18.7 Å². The maximum absolute atomic E-state index is 12.8. The highest BCUT2D eigenvalue weighted by molar-refractivity contribution is 5.93. The second kappa shape index (κ2) is 16.1. The quantitative estimate of drug-likeness (QED) is 0.339. The zero-order valence-corrected chi connectivity index (χ0v) is 26.0. The lowest BCUT2D eigenvalue weighted by atomic mass is 9.94. The van der Waals surface area contributed by atoms with Gasteiger partial charge in [-0.2, -0.15) is 0 Å². The number of carbonyl (C=O) groups is 5. The molecular formula is C31H43N7O8. The number of morpholine rings is 1. The number of piperazine rings is 1. The minimum atomic E-state index is -1.29. The molecule has 3 fully saturated rings. The van der Waals surface area contributed by atoms with Crippen LogP contribution >= 0.6 is 0 Å². The minimum Gasteiger partial charge on any atom is -0.481 e. The summed E-state index contributed by atoms with van der Waals surface area (Å²) in [5.74, 6) is -2.14. The third-order valence-corrected chi connectivity index (χ3v) is 8.38. The Kier molecular flexibility index (Phi) is 12.0. The number of carbonyl (C=O) groups excluding carboxylic acids is 3. The fraction of sp³-hybridized carbons (Fsp3) is 0.516. The van der Waals surface area contributed by atoms with Gasteiger partial charge in [0.1, 0.15) is 11.7 Å². The molecule has 0 saturated carbocycles. The van der Waals surface area contributed by atoms with Gasteiger partial charge in [0.05, 0.1) is 19.6 Å². The van der Waals surface area contributed by atoms with Gasteiger partial charge in [0.15, 0.2) is 0 Å². The molecule has 4 amide bonds. The summed E-state index contributed by atoms with van der Waals surface area (Å²) >= 11 is 0. The molecule has 15 heteroatoms. The Hall–Kier alpha value is -4.63. The van der Waals surface area contributed by atoms with Crippen molar-refractivity contribution in [2.45, 2.75) is 25.3 Å². The number of amides is 4. The molecule has 2 aromatic rings. The number of hydrogen-bond donors (Lipinski definition) is 4. The lowest BCUT2D eigenvalue weighted by Crippen LogP contribution is -2.51. The number of aryl methyl sites for hydroxylation is 1. The van der Waals surface area contributed by atoms with Crippen LogP contribution < -0.4 is 16.0 Å². The van der Waals surface area contributed by atoms with Crippen LogP contribution in [0, 0.1) is 5.92 Å². The van der Waals surface area contributed by atoms with E-state index in [1.54, 1.807) is 9.80 Å². The molecule has 4 heterocycles. The van der Waals surface area contributed by atoms with E-state index in [0.29, 0.717) is 58.2 Å². The largest absolute Gasteiger partial charge is 0.481 e. The predicted molar refractivity (Wildman–Crippen MR) is 169 cm³/mol. The van der Waals surface area contributed by atoms with Crippen LogP contribution in [-0.4, -0.2) is 131 Å². The number of nitrogens with two attached hydrogens (primary N) is 1. The molecule has 0 unspecified atom stereocenters. The highest BCUT2D eigenvalue weighted by atomic mass is 16.5. The predicted octanol–water partition coefficient (Wildman–Crippen LogP) is 0.963. The number of aliphatic carboxylic acids is 2. The lowest BCUT2D eigenvalue weighted by molar-refractivity contribution is -0.144. The Labute approximate surface area is 267 Å². The van der Waals surface area contributed by atoms with Crippen molar-refractivity contribution in [3.05, 3.63) is 48.3 Å². The number of carboxylic acids is 2.